The van der Waals surface area contributed by atoms with Crippen LogP contribution in [-0.4, -0.2) is 35.0 Å². The van der Waals surface area contributed by atoms with Gasteiger partial charge in [-0.15, -0.1) is 0 Å². The molecule has 0 radical (unpaired) electrons. The molecule has 1 aromatic rings. The predicted molar refractivity (Wildman–Crippen MR) is 72.6 cm³/mol. The fourth-order valence-corrected chi connectivity index (χ4v) is 2.25. The summed E-state index contributed by atoms with van der Waals surface area (Å²) in [7, 11) is 0. The van der Waals surface area contributed by atoms with Crippen molar-refractivity contribution in [2.45, 2.75) is 25.9 Å². The maximum atomic E-state index is 11.0. The number of nitro benzene ring substituents is 1. The van der Waals surface area contributed by atoms with Gasteiger partial charge in [0.05, 0.1) is 4.92 Å². The second-order valence-corrected chi connectivity index (χ2v) is 4.85. The van der Waals surface area contributed by atoms with Crippen LogP contribution in [0.15, 0.2) is 18.2 Å². The number of nitrogens with zero attached hydrogens (tertiary/aromatic N) is 2. The highest BCUT2D eigenvalue weighted by molar-refractivity contribution is 5.72. The molecule has 108 valence electrons. The summed E-state index contributed by atoms with van der Waals surface area (Å²) in [6, 6.07) is 4.14. The first-order valence-corrected chi connectivity index (χ1v) is 6.43. The standard InChI is InChI=1S/C13H17N3O4/c1-9-8-10(16(18)19)2-3-12(9)20-11-4-6-15(7-5-11)13(14)17/h2-3,8,11H,4-7H2,1H3,(H2,14,17). The summed E-state index contributed by atoms with van der Waals surface area (Å²) in [6.07, 6.45) is 1.42. The third kappa shape index (κ3) is 3.17. The van der Waals surface area contributed by atoms with Crippen molar-refractivity contribution in [2.75, 3.05) is 13.1 Å². The largest absolute Gasteiger partial charge is 0.490 e. The van der Waals surface area contributed by atoms with Crippen LogP contribution < -0.4 is 10.5 Å². The lowest BCUT2D eigenvalue weighted by Crippen LogP contribution is -2.44. The lowest BCUT2D eigenvalue weighted by Gasteiger charge is -2.31. The molecule has 1 aliphatic rings. The molecule has 2 rings (SSSR count). The van der Waals surface area contributed by atoms with Crippen molar-refractivity contribution in [1.29, 1.82) is 0 Å². The number of nitrogens with two attached hydrogens (primary N) is 1. The molecule has 0 saturated carbocycles. The Bertz CT molecular complexity index is 524. The fraction of sp³-hybridized carbons (Fsp3) is 0.462. The number of ether oxygens (including phenoxy) is 1. The van der Waals surface area contributed by atoms with Gasteiger partial charge in [0.1, 0.15) is 11.9 Å². The molecule has 1 aliphatic heterocycles. The minimum Gasteiger partial charge on any atom is -0.490 e. The smallest absolute Gasteiger partial charge is 0.314 e. The molecule has 0 aliphatic carbocycles. The van der Waals surface area contributed by atoms with Crippen molar-refractivity contribution >= 4 is 11.7 Å². The molecule has 2 N–H and O–H groups in total. The van der Waals surface area contributed by atoms with Crippen LogP contribution >= 0.6 is 0 Å². The number of hydrogen-bond donors (Lipinski definition) is 1. The highest BCUT2D eigenvalue weighted by Gasteiger charge is 2.23. The third-order valence-corrected chi connectivity index (χ3v) is 3.42. The molecular formula is C13H17N3O4. The van der Waals surface area contributed by atoms with Gasteiger partial charge in [0.15, 0.2) is 0 Å². The Balaban J connectivity index is 1.98. The van der Waals surface area contributed by atoms with E-state index in [4.69, 9.17) is 10.5 Å². The third-order valence-electron chi connectivity index (χ3n) is 3.42. The van der Waals surface area contributed by atoms with Crippen molar-refractivity contribution in [1.82, 2.24) is 4.90 Å². The summed E-state index contributed by atoms with van der Waals surface area (Å²) < 4.78 is 5.85. The molecule has 1 saturated heterocycles. The van der Waals surface area contributed by atoms with E-state index in [1.165, 1.54) is 12.1 Å². The molecule has 1 fully saturated rings. The van der Waals surface area contributed by atoms with E-state index in [0.29, 0.717) is 31.7 Å². The number of likely N-dealkylation sites (tertiary alicyclic amines) is 1. The molecular weight excluding hydrogens is 262 g/mol. The Hall–Kier alpha value is -2.31. The number of carbonyl (C=O) groups is 1. The second kappa shape index (κ2) is 5.77. The monoisotopic (exact) mass is 279 g/mol. The van der Waals surface area contributed by atoms with Gasteiger partial charge in [0.2, 0.25) is 0 Å². The average molecular weight is 279 g/mol. The Morgan fingerprint density at radius 1 is 1.45 bits per heavy atom. The highest BCUT2D eigenvalue weighted by atomic mass is 16.6. The first-order chi connectivity index (χ1) is 9.47. The number of amides is 2. The molecule has 2 amide bonds. The quantitative estimate of drug-likeness (QED) is 0.674. The molecule has 0 bridgehead atoms. The van der Waals surface area contributed by atoms with Gasteiger partial charge in [-0.2, -0.15) is 0 Å². The molecule has 7 heteroatoms. The number of rotatable bonds is 3. The van der Waals surface area contributed by atoms with Crippen molar-refractivity contribution in [3.8, 4) is 5.75 Å². The molecule has 1 heterocycles. The van der Waals surface area contributed by atoms with Gasteiger partial charge in [0, 0.05) is 38.1 Å². The summed E-state index contributed by atoms with van der Waals surface area (Å²) in [5.41, 5.74) is 6.00. The van der Waals surface area contributed by atoms with Crippen LogP contribution in [-0.2, 0) is 0 Å². The number of non-ortho nitro benzene ring substituents is 1. The summed E-state index contributed by atoms with van der Waals surface area (Å²) in [5, 5.41) is 10.7. The summed E-state index contributed by atoms with van der Waals surface area (Å²) in [6.45, 7) is 2.93. The Morgan fingerprint density at radius 3 is 2.60 bits per heavy atom. The lowest BCUT2D eigenvalue weighted by atomic mass is 10.1. The second-order valence-electron chi connectivity index (χ2n) is 4.85. The van der Waals surface area contributed by atoms with Crippen molar-refractivity contribution in [2.24, 2.45) is 5.73 Å². The van der Waals surface area contributed by atoms with Gasteiger partial charge in [-0.1, -0.05) is 0 Å². The molecule has 7 nitrogen and oxygen atoms in total. The van der Waals surface area contributed by atoms with Crippen molar-refractivity contribution in [3.63, 3.8) is 0 Å². The van der Waals surface area contributed by atoms with Crippen molar-refractivity contribution in [3.05, 3.63) is 33.9 Å². The zero-order valence-corrected chi connectivity index (χ0v) is 11.2. The number of carbonyl (C=O) groups excluding carboxylic acids is 1. The lowest BCUT2D eigenvalue weighted by molar-refractivity contribution is -0.384. The number of urea groups is 1. The molecule has 0 spiro atoms. The number of benzene rings is 1. The summed E-state index contributed by atoms with van der Waals surface area (Å²) >= 11 is 0. The first-order valence-electron chi connectivity index (χ1n) is 6.43. The topological polar surface area (TPSA) is 98.7 Å². The maximum Gasteiger partial charge on any atom is 0.314 e. The van der Waals surface area contributed by atoms with Crippen LogP contribution in [0, 0.1) is 17.0 Å². The van der Waals surface area contributed by atoms with E-state index in [0.717, 1.165) is 5.56 Å². The van der Waals surface area contributed by atoms with E-state index >= 15 is 0 Å². The van der Waals surface area contributed by atoms with Gasteiger partial charge in [-0.25, -0.2) is 4.79 Å². The van der Waals surface area contributed by atoms with Crippen LogP contribution in [0.4, 0.5) is 10.5 Å². The molecule has 1 aromatic carbocycles. The Morgan fingerprint density at radius 2 is 2.10 bits per heavy atom. The predicted octanol–water partition coefficient (Wildman–Crippen LogP) is 1.83. The van der Waals surface area contributed by atoms with Gasteiger partial charge >= 0.3 is 6.03 Å². The van der Waals surface area contributed by atoms with Crippen LogP contribution in [0.2, 0.25) is 0 Å². The van der Waals surface area contributed by atoms with Gasteiger partial charge < -0.3 is 15.4 Å². The Kier molecular flexibility index (Phi) is 4.07. The fourth-order valence-electron chi connectivity index (χ4n) is 2.25. The number of aryl methyl sites for hydroxylation is 1. The summed E-state index contributed by atoms with van der Waals surface area (Å²) in [5.74, 6) is 0.646. The summed E-state index contributed by atoms with van der Waals surface area (Å²) in [4.78, 5) is 22.8. The van der Waals surface area contributed by atoms with Crippen LogP contribution in [0.5, 0.6) is 5.75 Å². The van der Waals surface area contributed by atoms with E-state index in [1.807, 2.05) is 0 Å². The van der Waals surface area contributed by atoms with Crippen molar-refractivity contribution < 1.29 is 14.5 Å². The van der Waals surface area contributed by atoms with Gasteiger partial charge in [-0.3, -0.25) is 10.1 Å². The first kappa shape index (κ1) is 14.1. The normalized spacial score (nSPS) is 15.9. The SMILES string of the molecule is Cc1cc([N+](=O)[O-])ccc1OC1CCN(C(N)=O)CC1. The number of piperidine rings is 1. The van der Waals surface area contributed by atoms with Gasteiger partial charge in [0.25, 0.3) is 5.69 Å². The minimum atomic E-state index is -0.428. The highest BCUT2D eigenvalue weighted by Crippen LogP contribution is 2.26. The van der Waals surface area contributed by atoms with E-state index in [9.17, 15) is 14.9 Å². The van der Waals surface area contributed by atoms with Gasteiger partial charge in [-0.05, 0) is 18.6 Å². The number of primary amides is 1. The average Bonchev–Trinajstić information content (AvgIpc) is 2.41. The molecule has 20 heavy (non-hydrogen) atoms. The molecule has 0 unspecified atom stereocenters. The maximum absolute atomic E-state index is 11.0. The zero-order chi connectivity index (χ0) is 14.7. The Labute approximate surface area is 116 Å². The number of nitro groups is 1. The molecule has 0 aromatic heterocycles. The number of hydrogen-bond acceptors (Lipinski definition) is 4. The van der Waals surface area contributed by atoms with E-state index in [-0.39, 0.29) is 11.8 Å². The van der Waals surface area contributed by atoms with Crippen LogP contribution in [0.3, 0.4) is 0 Å². The van der Waals surface area contributed by atoms with Crippen LogP contribution in [0.25, 0.3) is 0 Å². The van der Waals surface area contributed by atoms with E-state index < -0.39 is 11.0 Å². The van der Waals surface area contributed by atoms with Crippen LogP contribution in [0.1, 0.15) is 18.4 Å². The minimum absolute atomic E-state index is 0.00533. The molecule has 0 atom stereocenters. The van der Waals surface area contributed by atoms with E-state index in [2.05, 4.69) is 0 Å². The van der Waals surface area contributed by atoms with E-state index in [1.54, 1.807) is 17.9 Å². The zero-order valence-electron chi connectivity index (χ0n) is 11.2.